The highest BCUT2D eigenvalue weighted by molar-refractivity contribution is 7.99. The Morgan fingerprint density at radius 3 is 2.82 bits per heavy atom. The summed E-state index contributed by atoms with van der Waals surface area (Å²) in [6.07, 6.45) is 0.722. The Kier molecular flexibility index (Phi) is 5.32. The molecule has 0 spiro atoms. The molecule has 0 saturated carbocycles. The van der Waals surface area contributed by atoms with Crippen LogP contribution in [0.5, 0.6) is 0 Å². The van der Waals surface area contributed by atoms with Gasteiger partial charge in [-0.1, -0.05) is 43.8 Å². The fourth-order valence-electron chi connectivity index (χ4n) is 3.47. The lowest BCUT2D eigenvalue weighted by molar-refractivity contribution is -0.762. The van der Waals surface area contributed by atoms with Gasteiger partial charge in [-0.15, -0.1) is 11.3 Å². The van der Waals surface area contributed by atoms with Crippen molar-refractivity contribution in [2.24, 2.45) is 0 Å². The summed E-state index contributed by atoms with van der Waals surface area (Å²) in [5.41, 5.74) is 1.77. The molecule has 8 heteroatoms. The summed E-state index contributed by atoms with van der Waals surface area (Å²) < 4.78 is 1.72. The lowest BCUT2D eigenvalue weighted by atomic mass is 10.0. The smallest absolute Gasteiger partial charge is 0.291 e. The molecule has 3 heterocycles. The van der Waals surface area contributed by atoms with Crippen molar-refractivity contribution >= 4 is 34.7 Å². The molecule has 1 atom stereocenters. The zero-order valence-corrected chi connectivity index (χ0v) is 17.3. The highest BCUT2D eigenvalue weighted by atomic mass is 32.2. The number of carbonyl (C=O) groups excluding carboxylic acids is 1. The number of hydrogen-bond donors (Lipinski definition) is 1. The van der Waals surface area contributed by atoms with Crippen molar-refractivity contribution in [1.82, 2.24) is 10.1 Å². The molecule has 0 radical (unpaired) electrons. The molecule has 1 aromatic carbocycles. The quantitative estimate of drug-likeness (QED) is 0.513. The lowest BCUT2D eigenvalue weighted by Gasteiger charge is -2.31. The van der Waals surface area contributed by atoms with Gasteiger partial charge in [-0.3, -0.25) is 14.6 Å². The van der Waals surface area contributed by atoms with E-state index in [-0.39, 0.29) is 11.5 Å². The van der Waals surface area contributed by atoms with E-state index in [0.29, 0.717) is 17.3 Å². The number of para-hydroxylation sites is 1. The molecule has 0 unspecified atom stereocenters. The van der Waals surface area contributed by atoms with Crippen molar-refractivity contribution in [3.8, 4) is 11.3 Å². The van der Waals surface area contributed by atoms with Crippen molar-refractivity contribution in [1.29, 1.82) is 0 Å². The highest BCUT2D eigenvalue weighted by Gasteiger charge is 2.45. The van der Waals surface area contributed by atoms with Gasteiger partial charge in [0.1, 0.15) is 0 Å². The molecule has 1 aliphatic rings. The third kappa shape index (κ3) is 3.16. The lowest BCUT2D eigenvalue weighted by Crippen LogP contribution is -2.60. The van der Waals surface area contributed by atoms with Gasteiger partial charge < -0.3 is 0 Å². The molecule has 3 aromatic rings. The molecule has 4 rings (SSSR count). The molecule has 0 saturated heterocycles. The van der Waals surface area contributed by atoms with Gasteiger partial charge in [-0.2, -0.15) is 0 Å². The molecule has 1 aliphatic heterocycles. The standard InChI is InChI=1S/C20H20N4O2S2/c1-3-8-16(25)23-14-10-6-5-9-13(14)17-18(26)21-20(27-4-2)22-24(17)19(23)15-11-7-12-28-15/h5-7,9-12,19H,3-4,8H2,1-2H3/p+1/t19-/m0/s1. The number of fused-ring (bicyclic) bond motifs is 3. The number of hydrogen-bond acceptors (Lipinski definition) is 5. The Morgan fingerprint density at radius 1 is 1.29 bits per heavy atom. The molecule has 0 aliphatic carbocycles. The third-order valence-electron chi connectivity index (χ3n) is 4.57. The minimum absolute atomic E-state index is 0.0262. The number of nitrogens with one attached hydrogen (secondary N) is 1. The first kappa shape index (κ1) is 18.9. The second-order valence-corrected chi connectivity index (χ2v) is 8.64. The molecule has 144 valence electrons. The number of aromatic nitrogens is 3. The highest BCUT2D eigenvalue weighted by Crippen LogP contribution is 2.38. The van der Waals surface area contributed by atoms with Gasteiger partial charge in [0.15, 0.2) is 0 Å². The van der Waals surface area contributed by atoms with E-state index in [1.54, 1.807) is 20.9 Å². The Hall–Kier alpha value is -2.45. The Balaban J connectivity index is 2.03. The monoisotopic (exact) mass is 413 g/mol. The minimum Gasteiger partial charge on any atom is -0.291 e. The largest absolute Gasteiger partial charge is 0.325 e. The molecule has 2 aromatic heterocycles. The molecule has 28 heavy (non-hydrogen) atoms. The number of rotatable bonds is 5. The van der Waals surface area contributed by atoms with Crippen molar-refractivity contribution in [3.05, 3.63) is 57.0 Å². The predicted molar refractivity (Wildman–Crippen MR) is 112 cm³/mol. The van der Waals surface area contributed by atoms with Crippen LogP contribution in [0.15, 0.2) is 51.7 Å². The van der Waals surface area contributed by atoms with E-state index in [2.05, 4.69) is 4.98 Å². The Labute approximate surface area is 171 Å². The maximum absolute atomic E-state index is 13.2. The van der Waals surface area contributed by atoms with Crippen LogP contribution >= 0.6 is 23.1 Å². The van der Waals surface area contributed by atoms with E-state index in [1.807, 2.05) is 55.6 Å². The number of aromatic amines is 1. The van der Waals surface area contributed by atoms with Crippen LogP contribution in [-0.4, -0.2) is 21.7 Å². The van der Waals surface area contributed by atoms with Crippen molar-refractivity contribution in [2.75, 3.05) is 10.7 Å². The number of amides is 1. The number of carbonyl (C=O) groups is 1. The molecular weight excluding hydrogens is 392 g/mol. The first-order valence-corrected chi connectivity index (χ1v) is 11.2. The summed E-state index contributed by atoms with van der Waals surface area (Å²) >= 11 is 3.03. The predicted octanol–water partition coefficient (Wildman–Crippen LogP) is 3.59. The normalized spacial score (nSPS) is 15.2. The number of thiophene rings is 1. The number of anilines is 1. The van der Waals surface area contributed by atoms with Crippen LogP contribution in [0.25, 0.3) is 11.3 Å². The van der Waals surface area contributed by atoms with Gasteiger partial charge in [0.25, 0.3) is 0 Å². The van der Waals surface area contributed by atoms with E-state index in [4.69, 9.17) is 5.10 Å². The van der Waals surface area contributed by atoms with E-state index in [9.17, 15) is 9.59 Å². The maximum Gasteiger partial charge on any atom is 0.325 e. The second kappa shape index (κ2) is 7.89. The van der Waals surface area contributed by atoms with Gasteiger partial charge in [-0.25, -0.2) is 4.90 Å². The zero-order chi connectivity index (χ0) is 19.7. The topological polar surface area (TPSA) is 69.9 Å². The summed E-state index contributed by atoms with van der Waals surface area (Å²) in [6, 6.07) is 11.5. The number of benzene rings is 1. The van der Waals surface area contributed by atoms with Crippen molar-refractivity contribution in [2.45, 2.75) is 38.0 Å². The molecule has 0 fully saturated rings. The van der Waals surface area contributed by atoms with Gasteiger partial charge in [0, 0.05) is 11.5 Å². The first-order chi connectivity index (χ1) is 13.7. The van der Waals surface area contributed by atoms with Crippen LogP contribution in [0.4, 0.5) is 5.69 Å². The third-order valence-corrected chi connectivity index (χ3v) is 6.23. The minimum atomic E-state index is -0.470. The second-order valence-electron chi connectivity index (χ2n) is 6.41. The van der Waals surface area contributed by atoms with Gasteiger partial charge in [0.05, 0.1) is 16.1 Å². The summed E-state index contributed by atoms with van der Waals surface area (Å²) in [6.45, 7) is 4.01. The molecular formula is C20H21N4O2S2+. The molecule has 1 amide bonds. The summed E-state index contributed by atoms with van der Waals surface area (Å²) in [5, 5.41) is 7.26. The van der Waals surface area contributed by atoms with Crippen LogP contribution in [-0.2, 0) is 4.79 Å². The Bertz CT molecular complexity index is 1060. The summed E-state index contributed by atoms with van der Waals surface area (Å²) in [4.78, 5) is 31.8. The van der Waals surface area contributed by atoms with E-state index < -0.39 is 6.17 Å². The van der Waals surface area contributed by atoms with Crippen LogP contribution in [0.3, 0.4) is 0 Å². The maximum atomic E-state index is 13.2. The van der Waals surface area contributed by atoms with Crippen LogP contribution < -0.4 is 15.1 Å². The number of thioether (sulfide) groups is 1. The molecule has 0 bridgehead atoms. The fourth-order valence-corrected chi connectivity index (χ4v) is 4.86. The Morgan fingerprint density at radius 2 is 2.11 bits per heavy atom. The van der Waals surface area contributed by atoms with Gasteiger partial charge >= 0.3 is 17.4 Å². The van der Waals surface area contributed by atoms with Crippen LogP contribution in [0.2, 0.25) is 0 Å². The summed E-state index contributed by atoms with van der Waals surface area (Å²) in [7, 11) is 0. The fraction of sp³-hybridized carbons (Fsp3) is 0.300. The molecule has 1 N–H and O–H groups in total. The SMILES string of the molecule is CCCC(=O)N1c2ccccc2-c2c(=O)[nH]c(SCC)n[n+]2[C@H]1c1cccs1. The number of nitrogens with zero attached hydrogens (tertiary/aromatic N) is 3. The van der Waals surface area contributed by atoms with Gasteiger partial charge in [-0.05, 0) is 40.4 Å². The zero-order valence-electron chi connectivity index (χ0n) is 15.7. The van der Waals surface area contributed by atoms with Crippen molar-refractivity contribution in [3.63, 3.8) is 0 Å². The molecule has 6 nitrogen and oxygen atoms in total. The van der Waals surface area contributed by atoms with Gasteiger partial charge in [0.2, 0.25) is 11.1 Å². The first-order valence-electron chi connectivity index (χ1n) is 9.29. The van der Waals surface area contributed by atoms with E-state index >= 15 is 0 Å². The van der Waals surface area contributed by atoms with Crippen LogP contribution in [0.1, 0.15) is 37.7 Å². The van der Waals surface area contributed by atoms with Crippen LogP contribution in [0, 0.1) is 0 Å². The average Bonchev–Trinajstić information content (AvgIpc) is 3.21. The van der Waals surface area contributed by atoms with Crippen molar-refractivity contribution < 1.29 is 9.48 Å². The van der Waals surface area contributed by atoms with E-state index in [0.717, 1.165) is 28.3 Å². The summed E-state index contributed by atoms with van der Waals surface area (Å²) in [5.74, 6) is 0.819. The number of H-pyrrole nitrogens is 1. The van der Waals surface area contributed by atoms with E-state index in [1.165, 1.54) is 11.8 Å². The average molecular weight is 414 g/mol.